The number of rotatable bonds is 7. The maximum absolute atomic E-state index is 13.4. The van der Waals surface area contributed by atoms with Crippen molar-refractivity contribution < 1.29 is 9.53 Å². The number of nitrogens with one attached hydrogen (secondary N) is 3. The molecule has 0 aliphatic heterocycles. The van der Waals surface area contributed by atoms with Crippen molar-refractivity contribution in [3.63, 3.8) is 0 Å². The van der Waals surface area contributed by atoms with E-state index in [1.165, 1.54) is 0 Å². The van der Waals surface area contributed by atoms with Crippen LogP contribution in [-0.2, 0) is 4.79 Å². The van der Waals surface area contributed by atoms with Crippen LogP contribution in [0.4, 0.5) is 5.69 Å². The molecule has 1 atom stereocenters. The quantitative estimate of drug-likeness (QED) is 0.213. The molecule has 5 nitrogen and oxygen atoms in total. The second-order valence-electron chi connectivity index (χ2n) is 7.06. The molecule has 0 aliphatic rings. The van der Waals surface area contributed by atoms with Gasteiger partial charge >= 0.3 is 0 Å². The molecule has 0 bridgehead atoms. The first-order valence-electron chi connectivity index (χ1n) is 9.96. The third-order valence-electron chi connectivity index (χ3n) is 4.77. The molecule has 33 heavy (non-hydrogen) atoms. The number of amides is 1. The van der Waals surface area contributed by atoms with E-state index in [0.717, 1.165) is 11.1 Å². The minimum absolute atomic E-state index is 0.174. The molecule has 9 heteroatoms. The average molecular weight is 523 g/mol. The number of thiocarbonyl (C=S) groups is 1. The van der Waals surface area contributed by atoms with E-state index in [-0.39, 0.29) is 11.0 Å². The van der Waals surface area contributed by atoms with E-state index in [1.54, 1.807) is 31.4 Å². The fraction of sp³-hybridized carbons (Fsp3) is 0.167. The highest BCUT2D eigenvalue weighted by atomic mass is 35.6. The zero-order chi connectivity index (χ0) is 23.8. The minimum atomic E-state index is -1.88. The van der Waals surface area contributed by atoms with Gasteiger partial charge in [-0.3, -0.25) is 4.79 Å². The van der Waals surface area contributed by atoms with Crippen molar-refractivity contribution in [2.24, 2.45) is 0 Å². The lowest BCUT2D eigenvalue weighted by atomic mass is 9.90. The van der Waals surface area contributed by atoms with Gasteiger partial charge in [0.05, 0.1) is 13.0 Å². The van der Waals surface area contributed by atoms with Crippen LogP contribution < -0.4 is 20.7 Å². The first-order valence-corrected chi connectivity index (χ1v) is 11.5. The monoisotopic (exact) mass is 521 g/mol. The van der Waals surface area contributed by atoms with E-state index in [2.05, 4.69) is 16.0 Å². The molecule has 3 N–H and O–H groups in total. The summed E-state index contributed by atoms with van der Waals surface area (Å²) >= 11 is 23.9. The summed E-state index contributed by atoms with van der Waals surface area (Å²) in [5.74, 6) is -0.241. The SMILES string of the molecule is COc1ccc(NC(=S)N[C@H](NC(=O)C(c2ccccc2)c2ccccc2)C(Cl)(Cl)Cl)cc1. The van der Waals surface area contributed by atoms with Gasteiger partial charge in [0, 0.05) is 5.69 Å². The van der Waals surface area contributed by atoms with Crippen LogP contribution >= 0.6 is 47.0 Å². The number of benzene rings is 3. The van der Waals surface area contributed by atoms with Crippen LogP contribution in [0.1, 0.15) is 17.0 Å². The molecule has 3 aromatic rings. The highest BCUT2D eigenvalue weighted by Crippen LogP contribution is 2.31. The number of anilines is 1. The lowest BCUT2D eigenvalue weighted by Gasteiger charge is -2.29. The van der Waals surface area contributed by atoms with Gasteiger partial charge in [0.15, 0.2) is 5.11 Å². The Labute approximate surface area is 213 Å². The zero-order valence-electron chi connectivity index (χ0n) is 17.6. The molecule has 3 aromatic carbocycles. The van der Waals surface area contributed by atoms with Crippen LogP contribution in [0, 0.1) is 0 Å². The molecule has 0 aliphatic carbocycles. The fourth-order valence-electron chi connectivity index (χ4n) is 3.18. The normalized spacial score (nSPS) is 12.0. The molecule has 172 valence electrons. The molecule has 0 aromatic heterocycles. The third kappa shape index (κ3) is 7.24. The topological polar surface area (TPSA) is 62.4 Å². The van der Waals surface area contributed by atoms with Gasteiger partial charge in [0.1, 0.15) is 11.9 Å². The van der Waals surface area contributed by atoms with Crippen LogP contribution in [0.3, 0.4) is 0 Å². The number of hydrogen-bond donors (Lipinski definition) is 3. The van der Waals surface area contributed by atoms with Crippen molar-refractivity contribution in [3.8, 4) is 5.75 Å². The first-order chi connectivity index (χ1) is 15.8. The molecular weight excluding hydrogens is 501 g/mol. The van der Waals surface area contributed by atoms with Crippen molar-refractivity contribution in [1.82, 2.24) is 10.6 Å². The largest absolute Gasteiger partial charge is 0.497 e. The zero-order valence-corrected chi connectivity index (χ0v) is 20.7. The van der Waals surface area contributed by atoms with Crippen LogP contribution in [0.5, 0.6) is 5.75 Å². The summed E-state index contributed by atoms with van der Waals surface area (Å²) < 4.78 is 3.27. The van der Waals surface area contributed by atoms with Gasteiger partial charge < -0.3 is 20.7 Å². The maximum Gasteiger partial charge on any atom is 0.233 e. The molecule has 0 saturated carbocycles. The number of hydrogen-bond acceptors (Lipinski definition) is 3. The van der Waals surface area contributed by atoms with Gasteiger partial charge in [-0.2, -0.15) is 0 Å². The highest BCUT2D eigenvalue weighted by molar-refractivity contribution is 7.80. The number of halogens is 3. The van der Waals surface area contributed by atoms with E-state index in [1.807, 2.05) is 60.7 Å². The third-order valence-corrected chi connectivity index (χ3v) is 5.64. The Bertz CT molecular complexity index is 1020. The number of carbonyl (C=O) groups is 1. The van der Waals surface area contributed by atoms with Crippen molar-refractivity contribution in [3.05, 3.63) is 96.1 Å². The molecular formula is C24H22Cl3N3O2S. The second-order valence-corrected chi connectivity index (χ2v) is 9.84. The molecule has 0 saturated heterocycles. The van der Waals surface area contributed by atoms with Crippen LogP contribution in [-0.4, -0.2) is 28.1 Å². The molecule has 0 fully saturated rings. The Hall–Kier alpha value is -2.51. The van der Waals surface area contributed by atoms with Gasteiger partial charge in [-0.15, -0.1) is 0 Å². The summed E-state index contributed by atoms with van der Waals surface area (Å²) in [4.78, 5) is 13.4. The van der Waals surface area contributed by atoms with E-state index < -0.39 is 15.9 Å². The summed E-state index contributed by atoms with van der Waals surface area (Å²) in [6.45, 7) is 0. The molecule has 0 radical (unpaired) electrons. The first kappa shape index (κ1) is 25.1. The molecule has 1 amide bonds. The minimum Gasteiger partial charge on any atom is -0.497 e. The van der Waals surface area contributed by atoms with E-state index >= 15 is 0 Å². The van der Waals surface area contributed by atoms with Gasteiger partial charge in [0.25, 0.3) is 0 Å². The maximum atomic E-state index is 13.4. The predicted octanol–water partition coefficient (Wildman–Crippen LogP) is 5.63. The lowest BCUT2D eigenvalue weighted by Crippen LogP contribution is -2.57. The summed E-state index contributed by atoms with van der Waals surface area (Å²) in [5.41, 5.74) is 2.32. The number of methoxy groups -OCH3 is 1. The van der Waals surface area contributed by atoms with Crippen LogP contribution in [0.2, 0.25) is 0 Å². The number of alkyl halides is 3. The Morgan fingerprint density at radius 3 is 1.82 bits per heavy atom. The number of carbonyl (C=O) groups excluding carboxylic acids is 1. The fourth-order valence-corrected chi connectivity index (χ4v) is 3.75. The van der Waals surface area contributed by atoms with Crippen molar-refractivity contribution >= 4 is 63.7 Å². The lowest BCUT2D eigenvalue weighted by molar-refractivity contribution is -0.122. The second kappa shape index (κ2) is 11.6. The summed E-state index contributed by atoms with van der Waals surface area (Å²) in [6, 6.07) is 25.9. The van der Waals surface area contributed by atoms with Crippen LogP contribution in [0.15, 0.2) is 84.9 Å². The van der Waals surface area contributed by atoms with E-state index in [0.29, 0.717) is 11.4 Å². The Morgan fingerprint density at radius 1 is 0.848 bits per heavy atom. The standard InChI is InChI=1S/C24H22Cl3N3O2S/c1-32-19-14-12-18(13-15-19)28-23(33)30-22(24(25,26)27)29-21(31)20(16-8-4-2-5-9-16)17-10-6-3-7-11-17/h2-15,20,22H,1H3,(H,29,31)(H2,28,30,33)/t22-/m0/s1. The van der Waals surface area contributed by atoms with Gasteiger partial charge in [0.2, 0.25) is 9.70 Å². The average Bonchev–Trinajstić information content (AvgIpc) is 2.80. The van der Waals surface area contributed by atoms with E-state index in [4.69, 9.17) is 51.8 Å². The van der Waals surface area contributed by atoms with Crippen LogP contribution in [0.25, 0.3) is 0 Å². The Kier molecular flexibility index (Phi) is 8.80. The predicted molar refractivity (Wildman–Crippen MR) is 139 cm³/mol. The highest BCUT2D eigenvalue weighted by Gasteiger charge is 2.36. The van der Waals surface area contributed by atoms with Crippen molar-refractivity contribution in [2.45, 2.75) is 15.9 Å². The molecule has 0 spiro atoms. The van der Waals surface area contributed by atoms with Gasteiger partial charge in [-0.25, -0.2) is 0 Å². The van der Waals surface area contributed by atoms with E-state index in [9.17, 15) is 4.79 Å². The molecule has 3 rings (SSSR count). The smallest absolute Gasteiger partial charge is 0.233 e. The summed E-state index contributed by atoms with van der Waals surface area (Å²) in [7, 11) is 1.58. The molecule has 0 unspecified atom stereocenters. The van der Waals surface area contributed by atoms with Gasteiger partial charge in [-0.05, 0) is 47.6 Å². The Morgan fingerprint density at radius 2 is 1.36 bits per heavy atom. The summed E-state index contributed by atoms with van der Waals surface area (Å²) in [6.07, 6.45) is -1.09. The number of ether oxygens (including phenoxy) is 1. The summed E-state index contributed by atoms with van der Waals surface area (Å²) in [5, 5.41) is 8.85. The van der Waals surface area contributed by atoms with Gasteiger partial charge in [-0.1, -0.05) is 95.5 Å². The molecule has 0 heterocycles. The Balaban J connectivity index is 1.77. The van der Waals surface area contributed by atoms with Crippen molar-refractivity contribution in [1.29, 1.82) is 0 Å². The van der Waals surface area contributed by atoms with Crippen molar-refractivity contribution in [2.75, 3.05) is 12.4 Å².